The first kappa shape index (κ1) is 17.5. The monoisotopic (exact) mass is 305 g/mol. The van der Waals surface area contributed by atoms with E-state index >= 15 is 0 Å². The first-order chi connectivity index (χ1) is 9.28. The van der Waals surface area contributed by atoms with Crippen LogP contribution in [0.4, 0.5) is 13.2 Å². The van der Waals surface area contributed by atoms with Crippen molar-refractivity contribution in [1.82, 2.24) is 15.1 Å². The highest BCUT2D eigenvalue weighted by molar-refractivity contribution is 5.76. The largest absolute Gasteiger partial charge is 0.435 e. The van der Waals surface area contributed by atoms with Gasteiger partial charge in [-0.1, -0.05) is 20.8 Å². The molecule has 1 aromatic rings. The zero-order chi connectivity index (χ0) is 16.5. The Labute approximate surface area is 122 Å². The summed E-state index contributed by atoms with van der Waals surface area (Å²) in [5.74, 6) is -0.360. The topological polar surface area (TPSA) is 46.9 Å². The van der Waals surface area contributed by atoms with Crippen molar-refractivity contribution < 1.29 is 18.0 Å². The number of halogens is 3. The third-order valence-electron chi connectivity index (χ3n) is 2.69. The fraction of sp³-hybridized carbons (Fsp3) is 0.714. The van der Waals surface area contributed by atoms with Gasteiger partial charge in [-0.3, -0.25) is 9.48 Å². The molecular weight excluding hydrogens is 283 g/mol. The van der Waals surface area contributed by atoms with Crippen molar-refractivity contribution in [2.75, 3.05) is 0 Å². The Morgan fingerprint density at radius 3 is 2.24 bits per heavy atom. The standard InChI is InChI=1S/C14H22F3N3O/c1-12(2,3)9-13(4,5)18-11(21)8-20-7-6-10(19-20)14(15,16)17/h6-7H,8-9H2,1-5H3,(H,18,21). The number of rotatable bonds is 4. The second-order valence-electron chi connectivity index (χ2n) is 7.07. The van der Waals surface area contributed by atoms with Crippen molar-refractivity contribution in [3.05, 3.63) is 18.0 Å². The van der Waals surface area contributed by atoms with Gasteiger partial charge in [0.05, 0.1) is 0 Å². The van der Waals surface area contributed by atoms with Crippen LogP contribution in [0.5, 0.6) is 0 Å². The summed E-state index contributed by atoms with van der Waals surface area (Å²) >= 11 is 0. The highest BCUT2D eigenvalue weighted by Crippen LogP contribution is 2.28. The summed E-state index contributed by atoms with van der Waals surface area (Å²) in [5, 5.41) is 6.19. The molecule has 21 heavy (non-hydrogen) atoms. The second-order valence-corrected chi connectivity index (χ2v) is 7.07. The molecule has 0 unspecified atom stereocenters. The third-order valence-corrected chi connectivity index (χ3v) is 2.69. The van der Waals surface area contributed by atoms with Crippen LogP contribution in [0.25, 0.3) is 0 Å². The van der Waals surface area contributed by atoms with Crippen molar-refractivity contribution in [3.8, 4) is 0 Å². The maximum atomic E-state index is 12.4. The van der Waals surface area contributed by atoms with E-state index in [1.54, 1.807) is 0 Å². The van der Waals surface area contributed by atoms with Crippen LogP contribution in [0.15, 0.2) is 12.3 Å². The smallest absolute Gasteiger partial charge is 0.350 e. The lowest BCUT2D eigenvalue weighted by Gasteiger charge is -2.33. The van der Waals surface area contributed by atoms with Crippen LogP contribution >= 0.6 is 0 Å². The van der Waals surface area contributed by atoms with Crippen LogP contribution in [0.1, 0.15) is 46.7 Å². The van der Waals surface area contributed by atoms with Gasteiger partial charge in [-0.2, -0.15) is 18.3 Å². The van der Waals surface area contributed by atoms with Gasteiger partial charge in [0.1, 0.15) is 6.54 Å². The molecule has 0 aliphatic carbocycles. The molecule has 0 spiro atoms. The van der Waals surface area contributed by atoms with Crippen LogP contribution in [-0.4, -0.2) is 21.2 Å². The lowest BCUT2D eigenvalue weighted by molar-refractivity contribution is -0.141. The Balaban J connectivity index is 2.64. The molecule has 0 aromatic carbocycles. The summed E-state index contributed by atoms with van der Waals surface area (Å²) in [6.45, 7) is 9.72. The maximum absolute atomic E-state index is 12.4. The first-order valence-corrected chi connectivity index (χ1v) is 6.70. The van der Waals surface area contributed by atoms with E-state index in [1.165, 1.54) is 0 Å². The van der Waals surface area contributed by atoms with Crippen LogP contribution in [0, 0.1) is 5.41 Å². The number of nitrogens with one attached hydrogen (secondary N) is 1. The molecule has 7 heteroatoms. The lowest BCUT2D eigenvalue weighted by Crippen LogP contribution is -2.47. The number of nitrogens with zero attached hydrogens (tertiary/aromatic N) is 2. The van der Waals surface area contributed by atoms with Crippen LogP contribution < -0.4 is 5.32 Å². The van der Waals surface area contributed by atoms with E-state index in [0.717, 1.165) is 23.4 Å². The van der Waals surface area contributed by atoms with Gasteiger partial charge < -0.3 is 5.32 Å². The van der Waals surface area contributed by atoms with Gasteiger partial charge in [-0.25, -0.2) is 0 Å². The third kappa shape index (κ3) is 6.18. The van der Waals surface area contributed by atoms with E-state index in [9.17, 15) is 18.0 Å². The minimum atomic E-state index is -4.49. The van der Waals surface area contributed by atoms with E-state index in [0.29, 0.717) is 0 Å². The average Bonchev–Trinajstić information content (AvgIpc) is 2.59. The van der Waals surface area contributed by atoms with Crippen LogP contribution in [0.2, 0.25) is 0 Å². The molecule has 1 rings (SSSR count). The highest BCUT2D eigenvalue weighted by atomic mass is 19.4. The lowest BCUT2D eigenvalue weighted by atomic mass is 9.82. The fourth-order valence-electron chi connectivity index (χ4n) is 2.54. The SMILES string of the molecule is CC(C)(C)CC(C)(C)NC(=O)Cn1ccc(C(F)(F)F)n1. The number of aromatic nitrogens is 2. The van der Waals surface area contributed by atoms with Crippen molar-refractivity contribution in [2.45, 2.75) is 59.3 Å². The Hall–Kier alpha value is -1.53. The molecule has 4 nitrogen and oxygen atoms in total. The minimum absolute atomic E-state index is 0.0337. The number of carbonyl (C=O) groups is 1. The fourth-order valence-corrected chi connectivity index (χ4v) is 2.54. The number of hydrogen-bond acceptors (Lipinski definition) is 2. The molecule has 0 aliphatic heterocycles. The molecule has 0 fully saturated rings. The molecule has 0 atom stereocenters. The van der Waals surface area contributed by atoms with E-state index in [1.807, 2.05) is 13.8 Å². The Kier molecular flexibility index (Phi) is 4.75. The molecule has 0 bridgehead atoms. The van der Waals surface area contributed by atoms with Gasteiger partial charge in [0.25, 0.3) is 0 Å². The van der Waals surface area contributed by atoms with Crippen molar-refractivity contribution in [2.24, 2.45) is 5.41 Å². The second kappa shape index (κ2) is 5.69. The van der Waals surface area contributed by atoms with Gasteiger partial charge in [0.2, 0.25) is 5.91 Å². The maximum Gasteiger partial charge on any atom is 0.435 e. The van der Waals surface area contributed by atoms with E-state index in [-0.39, 0.29) is 17.9 Å². The Bertz CT molecular complexity index is 498. The van der Waals surface area contributed by atoms with Crippen molar-refractivity contribution in [3.63, 3.8) is 0 Å². The molecule has 1 amide bonds. The van der Waals surface area contributed by atoms with Crippen molar-refractivity contribution in [1.29, 1.82) is 0 Å². The predicted octanol–water partition coefficient (Wildman–Crippen LogP) is 3.23. The Morgan fingerprint density at radius 2 is 1.81 bits per heavy atom. The van der Waals surface area contributed by atoms with Gasteiger partial charge in [0, 0.05) is 11.7 Å². The summed E-state index contributed by atoms with van der Waals surface area (Å²) in [5.41, 5.74) is -1.40. The van der Waals surface area contributed by atoms with Gasteiger partial charge in [-0.15, -0.1) is 0 Å². The van der Waals surface area contributed by atoms with E-state index in [4.69, 9.17) is 0 Å². The summed E-state index contributed by atoms with van der Waals surface area (Å²) in [6.07, 6.45) is -2.59. The molecule has 1 N–H and O–H groups in total. The normalized spacial score (nSPS) is 13.3. The average molecular weight is 305 g/mol. The summed E-state index contributed by atoms with van der Waals surface area (Å²) < 4.78 is 38.2. The first-order valence-electron chi connectivity index (χ1n) is 6.70. The molecule has 1 aromatic heterocycles. The molecule has 0 aliphatic rings. The number of alkyl halides is 3. The zero-order valence-corrected chi connectivity index (χ0v) is 13.0. The molecule has 0 radical (unpaired) electrons. The molecule has 1 heterocycles. The zero-order valence-electron chi connectivity index (χ0n) is 13.0. The Morgan fingerprint density at radius 1 is 1.24 bits per heavy atom. The van der Waals surface area contributed by atoms with Gasteiger partial charge in [0.15, 0.2) is 5.69 Å². The van der Waals surface area contributed by atoms with Gasteiger partial charge in [-0.05, 0) is 31.7 Å². The summed E-state index contributed by atoms with van der Waals surface area (Å²) in [6, 6.07) is 0.855. The van der Waals surface area contributed by atoms with E-state index in [2.05, 4.69) is 31.2 Å². The highest BCUT2D eigenvalue weighted by Gasteiger charge is 2.34. The number of carbonyl (C=O) groups excluding carboxylic acids is 1. The molecular formula is C14H22F3N3O. The van der Waals surface area contributed by atoms with E-state index < -0.39 is 17.4 Å². The molecule has 120 valence electrons. The predicted molar refractivity (Wildman–Crippen MR) is 73.5 cm³/mol. The quantitative estimate of drug-likeness (QED) is 0.928. The minimum Gasteiger partial charge on any atom is -0.350 e. The molecule has 0 saturated heterocycles. The van der Waals surface area contributed by atoms with Crippen LogP contribution in [0.3, 0.4) is 0 Å². The van der Waals surface area contributed by atoms with Gasteiger partial charge >= 0.3 is 6.18 Å². The summed E-state index contributed by atoms with van der Waals surface area (Å²) in [4.78, 5) is 11.9. The molecule has 0 saturated carbocycles. The van der Waals surface area contributed by atoms with Crippen LogP contribution in [-0.2, 0) is 17.5 Å². The summed E-state index contributed by atoms with van der Waals surface area (Å²) in [7, 11) is 0. The number of hydrogen-bond donors (Lipinski definition) is 1. The number of amides is 1. The van der Waals surface area contributed by atoms with Crippen molar-refractivity contribution >= 4 is 5.91 Å².